The van der Waals surface area contributed by atoms with Crippen LogP contribution in [0, 0.1) is 11.8 Å². The van der Waals surface area contributed by atoms with Gasteiger partial charge in [0.05, 0.1) is 0 Å². The van der Waals surface area contributed by atoms with Crippen molar-refractivity contribution in [3.63, 3.8) is 0 Å². The van der Waals surface area contributed by atoms with E-state index >= 15 is 0 Å². The fourth-order valence-electron chi connectivity index (χ4n) is 4.12. The largest absolute Gasteiger partial charge is 0.314 e. The third-order valence-corrected chi connectivity index (χ3v) is 7.14. The van der Waals surface area contributed by atoms with Crippen LogP contribution < -0.4 is 5.32 Å². The Hall–Kier alpha value is -1.00. The van der Waals surface area contributed by atoms with Gasteiger partial charge < -0.3 is 10.2 Å². The first kappa shape index (κ1) is 18.4. The first-order valence-electron chi connectivity index (χ1n) is 9.68. The van der Waals surface area contributed by atoms with E-state index in [1.165, 1.54) is 16.1 Å². The quantitative estimate of drug-likeness (QED) is 0.740. The maximum absolute atomic E-state index is 6.64. The molecule has 0 radical (unpaired) electrons. The van der Waals surface area contributed by atoms with E-state index in [1.807, 2.05) is 11.8 Å². The van der Waals surface area contributed by atoms with Crippen molar-refractivity contribution >= 4 is 23.4 Å². The molecule has 1 heterocycles. The number of allylic oxidation sites excluding steroid dienone is 10. The van der Waals surface area contributed by atoms with Gasteiger partial charge in [0, 0.05) is 54.3 Å². The van der Waals surface area contributed by atoms with E-state index in [0.717, 1.165) is 56.4 Å². The van der Waals surface area contributed by atoms with Gasteiger partial charge in [0.25, 0.3) is 0 Å². The SMILES string of the molecule is ClC1=C(CSC2=C3C=CC=CC3CC=C2)C(CN2CCNCC2)CC=C1. The maximum Gasteiger partial charge on any atom is 0.0406 e. The summed E-state index contributed by atoms with van der Waals surface area (Å²) in [5.41, 5.74) is 2.90. The monoisotopic (exact) mass is 386 g/mol. The van der Waals surface area contributed by atoms with E-state index in [1.54, 1.807) is 0 Å². The molecule has 2 atom stereocenters. The first-order valence-corrected chi connectivity index (χ1v) is 11.0. The fourth-order valence-corrected chi connectivity index (χ4v) is 5.79. The van der Waals surface area contributed by atoms with Crippen LogP contribution in [0.25, 0.3) is 0 Å². The molecule has 0 spiro atoms. The third kappa shape index (κ3) is 4.28. The van der Waals surface area contributed by atoms with Crippen LogP contribution in [0.15, 0.2) is 69.7 Å². The van der Waals surface area contributed by atoms with E-state index in [9.17, 15) is 0 Å². The number of fused-ring (bicyclic) bond motifs is 1. The highest BCUT2D eigenvalue weighted by atomic mass is 35.5. The van der Waals surface area contributed by atoms with E-state index in [-0.39, 0.29) is 0 Å². The van der Waals surface area contributed by atoms with Gasteiger partial charge in [-0.15, -0.1) is 11.8 Å². The number of halogens is 1. The van der Waals surface area contributed by atoms with Crippen LogP contribution in [0.2, 0.25) is 0 Å². The van der Waals surface area contributed by atoms with Crippen LogP contribution in [0.3, 0.4) is 0 Å². The van der Waals surface area contributed by atoms with Crippen molar-refractivity contribution in [3.05, 3.63) is 69.7 Å². The number of piperazine rings is 1. The van der Waals surface area contributed by atoms with Gasteiger partial charge in [0.2, 0.25) is 0 Å². The van der Waals surface area contributed by atoms with Crippen molar-refractivity contribution < 1.29 is 0 Å². The minimum Gasteiger partial charge on any atom is -0.314 e. The number of hydrogen-bond acceptors (Lipinski definition) is 3. The van der Waals surface area contributed by atoms with Gasteiger partial charge in [-0.2, -0.15) is 0 Å². The Morgan fingerprint density at radius 1 is 1.08 bits per heavy atom. The average molecular weight is 387 g/mol. The Kier molecular flexibility index (Phi) is 6.21. The minimum absolute atomic E-state index is 0.550. The molecule has 3 aliphatic carbocycles. The summed E-state index contributed by atoms with van der Waals surface area (Å²) in [5.74, 6) is 2.10. The summed E-state index contributed by atoms with van der Waals surface area (Å²) in [6.07, 6.45) is 20.1. The van der Waals surface area contributed by atoms with Gasteiger partial charge in [0.15, 0.2) is 0 Å². The van der Waals surface area contributed by atoms with Crippen LogP contribution in [0.5, 0.6) is 0 Å². The molecule has 0 amide bonds. The van der Waals surface area contributed by atoms with Crippen LogP contribution in [0.1, 0.15) is 12.8 Å². The standard InChI is InChI=1S/C22H27ClN2S/c23-21-9-3-7-18(15-25-13-11-24-12-14-25)20(21)16-26-22-10-4-6-17-5-1-2-8-19(17)22/h1-5,8-10,17-18,24H,6-7,11-16H2. The fraction of sp³-hybridized carbons (Fsp3) is 0.455. The molecule has 0 aromatic heterocycles. The number of hydrogen-bond donors (Lipinski definition) is 1. The molecule has 0 aromatic carbocycles. The zero-order chi connectivity index (χ0) is 17.8. The molecule has 26 heavy (non-hydrogen) atoms. The lowest BCUT2D eigenvalue weighted by molar-refractivity contribution is 0.216. The topological polar surface area (TPSA) is 15.3 Å². The zero-order valence-electron chi connectivity index (χ0n) is 15.2. The van der Waals surface area contributed by atoms with Crippen LogP contribution in [0.4, 0.5) is 0 Å². The van der Waals surface area contributed by atoms with Crippen LogP contribution in [-0.4, -0.2) is 43.4 Å². The highest BCUT2D eigenvalue weighted by Crippen LogP contribution is 2.39. The molecule has 1 N–H and O–H groups in total. The molecule has 4 aliphatic rings. The highest BCUT2D eigenvalue weighted by molar-refractivity contribution is 8.03. The van der Waals surface area contributed by atoms with E-state index in [2.05, 4.69) is 58.8 Å². The predicted molar refractivity (Wildman–Crippen MR) is 114 cm³/mol. The summed E-state index contributed by atoms with van der Waals surface area (Å²) in [7, 11) is 0. The van der Waals surface area contributed by atoms with Crippen molar-refractivity contribution in [3.8, 4) is 0 Å². The van der Waals surface area contributed by atoms with Crippen molar-refractivity contribution in [2.24, 2.45) is 11.8 Å². The molecule has 0 aromatic rings. The molecule has 138 valence electrons. The minimum atomic E-state index is 0.550. The van der Waals surface area contributed by atoms with Gasteiger partial charge >= 0.3 is 0 Å². The van der Waals surface area contributed by atoms with Crippen molar-refractivity contribution in [2.75, 3.05) is 38.5 Å². The van der Waals surface area contributed by atoms with Crippen LogP contribution in [-0.2, 0) is 0 Å². The van der Waals surface area contributed by atoms with Crippen molar-refractivity contribution in [2.45, 2.75) is 12.8 Å². The highest BCUT2D eigenvalue weighted by Gasteiger charge is 2.24. The van der Waals surface area contributed by atoms with Crippen molar-refractivity contribution in [1.82, 2.24) is 10.2 Å². The molecule has 1 aliphatic heterocycles. The summed E-state index contributed by atoms with van der Waals surface area (Å²) in [6, 6.07) is 0. The number of rotatable bonds is 5. The van der Waals surface area contributed by atoms with Gasteiger partial charge in [-0.1, -0.05) is 54.1 Å². The molecule has 2 unspecified atom stereocenters. The Bertz CT molecular complexity index is 708. The van der Waals surface area contributed by atoms with Gasteiger partial charge in [-0.25, -0.2) is 0 Å². The lowest BCUT2D eigenvalue weighted by Gasteiger charge is -2.33. The molecule has 4 heteroatoms. The number of thioether (sulfide) groups is 1. The predicted octanol–water partition coefficient (Wildman–Crippen LogP) is 4.65. The second kappa shape index (κ2) is 8.79. The third-order valence-electron chi connectivity index (χ3n) is 5.63. The summed E-state index contributed by atoms with van der Waals surface area (Å²) in [4.78, 5) is 4.00. The van der Waals surface area contributed by atoms with E-state index in [0.29, 0.717) is 11.8 Å². The van der Waals surface area contributed by atoms with Gasteiger partial charge in [-0.05, 0) is 36.0 Å². The second-order valence-corrected chi connectivity index (χ2v) is 8.78. The Labute approximate surface area is 166 Å². The van der Waals surface area contributed by atoms with Gasteiger partial charge in [-0.3, -0.25) is 0 Å². The smallest absolute Gasteiger partial charge is 0.0406 e. The van der Waals surface area contributed by atoms with E-state index < -0.39 is 0 Å². The lowest BCUT2D eigenvalue weighted by atomic mass is 9.88. The molecule has 4 rings (SSSR count). The lowest BCUT2D eigenvalue weighted by Crippen LogP contribution is -2.45. The van der Waals surface area contributed by atoms with Crippen LogP contribution >= 0.6 is 23.4 Å². The molecule has 2 nitrogen and oxygen atoms in total. The normalized spacial score (nSPS) is 28.8. The second-order valence-electron chi connectivity index (χ2n) is 7.36. The first-order chi connectivity index (χ1) is 12.8. The molecule has 0 saturated carbocycles. The summed E-state index contributed by atoms with van der Waals surface area (Å²) < 4.78 is 0. The molecule has 1 fully saturated rings. The average Bonchev–Trinajstić information content (AvgIpc) is 2.68. The van der Waals surface area contributed by atoms with Crippen molar-refractivity contribution in [1.29, 1.82) is 0 Å². The summed E-state index contributed by atoms with van der Waals surface area (Å²) >= 11 is 8.60. The number of nitrogens with one attached hydrogen (secondary N) is 1. The Morgan fingerprint density at radius 2 is 1.92 bits per heavy atom. The Morgan fingerprint density at radius 3 is 2.81 bits per heavy atom. The molecule has 0 bridgehead atoms. The zero-order valence-corrected chi connectivity index (χ0v) is 16.7. The Balaban J connectivity index is 1.45. The molecular weight excluding hydrogens is 360 g/mol. The maximum atomic E-state index is 6.64. The summed E-state index contributed by atoms with van der Waals surface area (Å²) in [6.45, 7) is 5.63. The number of nitrogens with zero attached hydrogens (tertiary/aromatic N) is 1. The van der Waals surface area contributed by atoms with E-state index in [4.69, 9.17) is 11.6 Å². The molecule has 1 saturated heterocycles. The molecular formula is C22H27ClN2S. The summed E-state index contributed by atoms with van der Waals surface area (Å²) in [5, 5.41) is 4.41. The van der Waals surface area contributed by atoms with Gasteiger partial charge in [0.1, 0.15) is 0 Å².